The number of aromatic nitrogens is 3. The van der Waals surface area contributed by atoms with Gasteiger partial charge in [0.05, 0.1) is 17.1 Å². The summed E-state index contributed by atoms with van der Waals surface area (Å²) in [5.74, 6) is 0.654. The van der Waals surface area contributed by atoms with Gasteiger partial charge in [0.1, 0.15) is 22.3 Å². The maximum absolute atomic E-state index is 6.71. The summed E-state index contributed by atoms with van der Waals surface area (Å²) in [6.07, 6.45) is 1.82. The van der Waals surface area contributed by atoms with Crippen molar-refractivity contribution in [3.8, 4) is 67.4 Å². The van der Waals surface area contributed by atoms with E-state index in [2.05, 4.69) is 120 Å². The second-order valence-corrected chi connectivity index (χ2v) is 13.9. The minimum atomic E-state index is 0.654. The van der Waals surface area contributed by atoms with Gasteiger partial charge in [0.2, 0.25) is 0 Å². The zero-order valence-corrected chi connectivity index (χ0v) is 30.1. The van der Waals surface area contributed by atoms with Gasteiger partial charge in [-0.3, -0.25) is 4.98 Å². The van der Waals surface area contributed by atoms with E-state index in [1.54, 1.807) is 0 Å². The molecular formula is C51H31N3O2. The van der Waals surface area contributed by atoms with Crippen molar-refractivity contribution in [2.24, 2.45) is 0 Å². The lowest BCUT2D eigenvalue weighted by Crippen LogP contribution is -1.96. The summed E-state index contributed by atoms with van der Waals surface area (Å²) in [6, 6.07) is 62.4. The molecule has 5 nitrogen and oxygen atoms in total. The Hall–Kier alpha value is -7.63. The van der Waals surface area contributed by atoms with Crippen molar-refractivity contribution in [1.29, 1.82) is 0 Å². The highest BCUT2D eigenvalue weighted by Gasteiger charge is 2.21. The summed E-state index contributed by atoms with van der Waals surface area (Å²) in [5.41, 5.74) is 14.3. The number of fused-ring (bicyclic) bond motifs is 6. The molecule has 0 aliphatic rings. The van der Waals surface area contributed by atoms with E-state index in [1.165, 1.54) is 0 Å². The standard InChI is InChI=1S/C51H31N3O2/c1-2-12-33(13-3-1)43-31-44(36-15-10-14-35(30-36)42-19-8-9-29-52-42)54-51(53-43)34-25-23-32(24-26-34)37-27-28-39(49-41-17-5-7-21-46(41)56-50(37)49)38-18-11-22-47-48(38)40-16-4-6-20-45(40)55-47/h1-31H. The number of nitrogens with zero attached hydrogens (tertiary/aromatic N) is 3. The molecule has 0 radical (unpaired) electrons. The first-order chi connectivity index (χ1) is 27.7. The van der Waals surface area contributed by atoms with Crippen molar-refractivity contribution in [3.63, 3.8) is 0 Å². The molecule has 56 heavy (non-hydrogen) atoms. The van der Waals surface area contributed by atoms with Crippen molar-refractivity contribution in [2.75, 3.05) is 0 Å². The highest BCUT2D eigenvalue weighted by atomic mass is 16.3. The Balaban J connectivity index is 1.04. The Morgan fingerprint density at radius 3 is 1.71 bits per heavy atom. The van der Waals surface area contributed by atoms with Gasteiger partial charge in [-0.15, -0.1) is 0 Å². The number of furan rings is 2. The second kappa shape index (κ2) is 13.0. The summed E-state index contributed by atoms with van der Waals surface area (Å²) < 4.78 is 13.0. The van der Waals surface area contributed by atoms with Crippen LogP contribution >= 0.6 is 0 Å². The molecule has 5 heteroatoms. The molecule has 0 bridgehead atoms. The van der Waals surface area contributed by atoms with Crippen LogP contribution < -0.4 is 0 Å². The molecule has 0 spiro atoms. The van der Waals surface area contributed by atoms with Crippen LogP contribution in [0, 0.1) is 0 Å². The van der Waals surface area contributed by atoms with E-state index in [9.17, 15) is 0 Å². The fourth-order valence-electron chi connectivity index (χ4n) is 7.93. The smallest absolute Gasteiger partial charge is 0.160 e. The van der Waals surface area contributed by atoms with Crippen LogP contribution in [0.25, 0.3) is 111 Å². The lowest BCUT2D eigenvalue weighted by atomic mass is 9.92. The SMILES string of the molecule is c1ccc(-c2cc(-c3cccc(-c4ccccn4)c3)nc(-c3ccc(-c4ccc(-c5cccc6oc7ccccc7c56)c5c4oc4ccccc45)cc3)n2)cc1. The average Bonchev–Trinajstić information content (AvgIpc) is 3.86. The number of hydrogen-bond acceptors (Lipinski definition) is 5. The van der Waals surface area contributed by atoms with Gasteiger partial charge in [-0.2, -0.15) is 0 Å². The first kappa shape index (κ1) is 31.9. The zero-order valence-electron chi connectivity index (χ0n) is 30.1. The lowest BCUT2D eigenvalue weighted by molar-refractivity contribution is 0.668. The minimum absolute atomic E-state index is 0.654. The van der Waals surface area contributed by atoms with Gasteiger partial charge < -0.3 is 8.83 Å². The molecule has 0 unspecified atom stereocenters. The normalized spacial score (nSPS) is 11.6. The van der Waals surface area contributed by atoms with E-state index in [1.807, 2.05) is 72.9 Å². The Labute approximate surface area is 322 Å². The van der Waals surface area contributed by atoms with E-state index >= 15 is 0 Å². The van der Waals surface area contributed by atoms with Gasteiger partial charge in [-0.05, 0) is 65.2 Å². The molecule has 0 saturated heterocycles. The number of para-hydroxylation sites is 2. The topological polar surface area (TPSA) is 65.0 Å². The van der Waals surface area contributed by atoms with Gasteiger partial charge >= 0.3 is 0 Å². The molecule has 4 aromatic heterocycles. The third-order valence-corrected chi connectivity index (χ3v) is 10.6. The average molecular weight is 718 g/mol. The summed E-state index contributed by atoms with van der Waals surface area (Å²) in [5, 5.41) is 4.36. The van der Waals surface area contributed by atoms with Gasteiger partial charge in [0, 0.05) is 55.6 Å². The van der Waals surface area contributed by atoms with Gasteiger partial charge in [-0.25, -0.2) is 9.97 Å². The molecule has 0 N–H and O–H groups in total. The van der Waals surface area contributed by atoms with Crippen LogP contribution in [0.3, 0.4) is 0 Å². The molecule has 262 valence electrons. The van der Waals surface area contributed by atoms with E-state index in [0.717, 1.165) is 105 Å². The number of pyridine rings is 1. The van der Waals surface area contributed by atoms with Crippen LogP contribution in [-0.4, -0.2) is 15.0 Å². The van der Waals surface area contributed by atoms with Gasteiger partial charge in [-0.1, -0.05) is 133 Å². The number of rotatable bonds is 6. The Bertz CT molecular complexity index is 3240. The van der Waals surface area contributed by atoms with Crippen LogP contribution in [0.2, 0.25) is 0 Å². The fourth-order valence-corrected chi connectivity index (χ4v) is 7.93. The third-order valence-electron chi connectivity index (χ3n) is 10.6. The first-order valence-electron chi connectivity index (χ1n) is 18.7. The maximum Gasteiger partial charge on any atom is 0.160 e. The van der Waals surface area contributed by atoms with Crippen LogP contribution in [0.4, 0.5) is 0 Å². The molecule has 0 aliphatic carbocycles. The molecule has 0 atom stereocenters. The second-order valence-electron chi connectivity index (χ2n) is 13.9. The van der Waals surface area contributed by atoms with Crippen molar-refractivity contribution < 1.29 is 8.83 Å². The highest BCUT2D eigenvalue weighted by molar-refractivity contribution is 6.21. The highest BCUT2D eigenvalue weighted by Crippen LogP contribution is 2.45. The predicted octanol–water partition coefficient (Wildman–Crippen LogP) is 13.7. The predicted molar refractivity (Wildman–Crippen MR) is 227 cm³/mol. The van der Waals surface area contributed by atoms with Crippen molar-refractivity contribution >= 4 is 43.9 Å². The molecule has 0 fully saturated rings. The lowest BCUT2D eigenvalue weighted by Gasteiger charge is -2.12. The largest absolute Gasteiger partial charge is 0.456 e. The van der Waals surface area contributed by atoms with Crippen molar-refractivity contribution in [1.82, 2.24) is 15.0 Å². The van der Waals surface area contributed by atoms with Crippen LogP contribution in [0.5, 0.6) is 0 Å². The maximum atomic E-state index is 6.71. The fraction of sp³-hybridized carbons (Fsp3) is 0. The molecule has 0 saturated carbocycles. The Morgan fingerprint density at radius 1 is 0.339 bits per heavy atom. The summed E-state index contributed by atoms with van der Waals surface area (Å²) in [7, 11) is 0. The van der Waals surface area contributed by atoms with Gasteiger partial charge in [0.15, 0.2) is 5.82 Å². The molecule has 7 aromatic carbocycles. The molecule has 11 rings (SSSR count). The number of benzene rings is 7. The minimum Gasteiger partial charge on any atom is -0.456 e. The molecule has 0 aliphatic heterocycles. The quantitative estimate of drug-likeness (QED) is 0.171. The molecule has 11 aromatic rings. The van der Waals surface area contributed by atoms with E-state index in [0.29, 0.717) is 5.82 Å². The monoisotopic (exact) mass is 717 g/mol. The Morgan fingerprint density at radius 2 is 0.929 bits per heavy atom. The molecule has 4 heterocycles. The Kier molecular flexibility index (Phi) is 7.42. The van der Waals surface area contributed by atoms with Crippen LogP contribution in [0.1, 0.15) is 0 Å². The summed E-state index contributed by atoms with van der Waals surface area (Å²) in [4.78, 5) is 14.8. The van der Waals surface area contributed by atoms with Gasteiger partial charge in [0.25, 0.3) is 0 Å². The van der Waals surface area contributed by atoms with Crippen LogP contribution in [-0.2, 0) is 0 Å². The third kappa shape index (κ3) is 5.37. The van der Waals surface area contributed by atoms with E-state index < -0.39 is 0 Å². The van der Waals surface area contributed by atoms with E-state index in [-0.39, 0.29) is 0 Å². The zero-order chi connectivity index (χ0) is 37.0. The van der Waals surface area contributed by atoms with Crippen molar-refractivity contribution in [2.45, 2.75) is 0 Å². The summed E-state index contributed by atoms with van der Waals surface area (Å²) in [6.45, 7) is 0. The van der Waals surface area contributed by atoms with E-state index in [4.69, 9.17) is 18.8 Å². The number of hydrogen-bond donors (Lipinski definition) is 0. The van der Waals surface area contributed by atoms with Crippen LogP contribution in [0.15, 0.2) is 197 Å². The molecule has 0 amide bonds. The molecular weight excluding hydrogens is 687 g/mol. The van der Waals surface area contributed by atoms with Crippen molar-refractivity contribution in [3.05, 3.63) is 188 Å². The first-order valence-corrected chi connectivity index (χ1v) is 18.7. The summed E-state index contributed by atoms with van der Waals surface area (Å²) >= 11 is 0.